The molecule has 0 aromatic heterocycles. The van der Waals surface area contributed by atoms with Gasteiger partial charge in [0, 0.05) is 39.3 Å². The van der Waals surface area contributed by atoms with Gasteiger partial charge in [0.15, 0.2) is 0 Å². The molecule has 3 rings (SSSR count). The summed E-state index contributed by atoms with van der Waals surface area (Å²) >= 11 is 0. The van der Waals surface area contributed by atoms with Gasteiger partial charge in [0.2, 0.25) is 5.91 Å². The molecule has 5 nitrogen and oxygen atoms in total. The van der Waals surface area contributed by atoms with Crippen LogP contribution in [0.4, 0.5) is 0 Å². The second-order valence-electron chi connectivity index (χ2n) is 6.66. The maximum atomic E-state index is 12.4. The minimum absolute atomic E-state index is 0.135. The Morgan fingerprint density at radius 1 is 1.17 bits per heavy atom. The highest BCUT2D eigenvalue weighted by molar-refractivity contribution is 5.76. The fourth-order valence-electron chi connectivity index (χ4n) is 3.45. The Morgan fingerprint density at radius 3 is 2.71 bits per heavy atom. The Balaban J connectivity index is 1.48. The molecule has 0 saturated carbocycles. The lowest BCUT2D eigenvalue weighted by atomic mass is 10.1. The molecule has 1 unspecified atom stereocenters. The molecule has 2 heterocycles. The maximum absolute atomic E-state index is 12.4. The van der Waals surface area contributed by atoms with Crippen LogP contribution in [-0.2, 0) is 16.1 Å². The number of amides is 1. The Hall–Kier alpha value is -1.90. The molecule has 1 amide bonds. The van der Waals surface area contributed by atoms with Crippen LogP contribution in [0.1, 0.15) is 36.8 Å². The van der Waals surface area contributed by atoms with E-state index in [1.54, 1.807) is 0 Å². The number of nitrogens with zero attached hydrogens (tertiary/aromatic N) is 3. The minimum Gasteiger partial charge on any atom is -0.378 e. The van der Waals surface area contributed by atoms with Crippen LogP contribution in [0.2, 0.25) is 0 Å². The predicted octanol–water partition coefficient (Wildman–Crippen LogP) is 2.16. The minimum atomic E-state index is 0.135. The molecule has 128 valence electrons. The van der Waals surface area contributed by atoms with Gasteiger partial charge >= 0.3 is 0 Å². The van der Waals surface area contributed by atoms with Crippen LogP contribution < -0.4 is 0 Å². The molecule has 0 radical (unpaired) electrons. The molecule has 2 aliphatic heterocycles. The van der Waals surface area contributed by atoms with E-state index >= 15 is 0 Å². The molecule has 5 heteroatoms. The fraction of sp³-hybridized carbons (Fsp3) is 0.579. The summed E-state index contributed by atoms with van der Waals surface area (Å²) in [6, 6.07) is 9.91. The molecule has 1 atom stereocenters. The topological polar surface area (TPSA) is 56.6 Å². The number of nitriles is 1. The van der Waals surface area contributed by atoms with E-state index in [0.29, 0.717) is 12.0 Å². The number of rotatable bonds is 4. The van der Waals surface area contributed by atoms with E-state index in [1.807, 2.05) is 29.2 Å². The zero-order valence-corrected chi connectivity index (χ0v) is 14.1. The SMILES string of the molecule is N#Cc1ccc(CN2CCCN(C(=O)CC3CCCO3)CC2)cc1. The monoisotopic (exact) mass is 327 g/mol. The van der Waals surface area contributed by atoms with Crippen molar-refractivity contribution in [1.82, 2.24) is 9.80 Å². The molecule has 0 aliphatic carbocycles. The highest BCUT2D eigenvalue weighted by atomic mass is 16.5. The van der Waals surface area contributed by atoms with Crippen molar-refractivity contribution in [2.75, 3.05) is 32.8 Å². The lowest BCUT2D eigenvalue weighted by Gasteiger charge is -2.23. The smallest absolute Gasteiger partial charge is 0.225 e. The first-order valence-corrected chi connectivity index (χ1v) is 8.85. The van der Waals surface area contributed by atoms with Crippen LogP contribution in [0.5, 0.6) is 0 Å². The summed E-state index contributed by atoms with van der Waals surface area (Å²) in [6.07, 6.45) is 3.78. The molecule has 2 aliphatic rings. The number of carbonyl (C=O) groups is 1. The third kappa shape index (κ3) is 4.56. The van der Waals surface area contributed by atoms with Gasteiger partial charge in [0.25, 0.3) is 0 Å². The molecule has 24 heavy (non-hydrogen) atoms. The molecule has 0 bridgehead atoms. The van der Waals surface area contributed by atoms with Crippen molar-refractivity contribution in [3.63, 3.8) is 0 Å². The van der Waals surface area contributed by atoms with Crippen LogP contribution in [0.25, 0.3) is 0 Å². The second kappa shape index (κ2) is 8.27. The first-order chi connectivity index (χ1) is 11.7. The van der Waals surface area contributed by atoms with Crippen molar-refractivity contribution < 1.29 is 9.53 Å². The Labute approximate surface area is 143 Å². The quantitative estimate of drug-likeness (QED) is 0.850. The molecule has 2 saturated heterocycles. The first-order valence-electron chi connectivity index (χ1n) is 8.85. The van der Waals surface area contributed by atoms with Gasteiger partial charge in [-0.05, 0) is 37.0 Å². The van der Waals surface area contributed by atoms with Crippen molar-refractivity contribution in [2.45, 2.75) is 38.3 Å². The van der Waals surface area contributed by atoms with Gasteiger partial charge in [0.05, 0.1) is 24.2 Å². The summed E-state index contributed by atoms with van der Waals surface area (Å²) in [5.74, 6) is 0.238. The Bertz CT molecular complexity index is 588. The van der Waals surface area contributed by atoms with Crippen LogP contribution >= 0.6 is 0 Å². The van der Waals surface area contributed by atoms with Gasteiger partial charge in [-0.3, -0.25) is 9.69 Å². The third-order valence-electron chi connectivity index (χ3n) is 4.86. The van der Waals surface area contributed by atoms with E-state index in [-0.39, 0.29) is 12.0 Å². The van der Waals surface area contributed by atoms with Gasteiger partial charge < -0.3 is 9.64 Å². The Kier molecular flexibility index (Phi) is 5.84. The number of ether oxygens (including phenoxy) is 1. The summed E-state index contributed by atoms with van der Waals surface area (Å²) in [4.78, 5) is 16.8. The van der Waals surface area contributed by atoms with E-state index in [9.17, 15) is 4.79 Å². The molecule has 1 aromatic rings. The van der Waals surface area contributed by atoms with Gasteiger partial charge in [-0.1, -0.05) is 12.1 Å². The van der Waals surface area contributed by atoms with Crippen LogP contribution in [0.15, 0.2) is 24.3 Å². The summed E-state index contributed by atoms with van der Waals surface area (Å²) in [7, 11) is 0. The summed E-state index contributed by atoms with van der Waals surface area (Å²) in [5, 5.41) is 8.86. The fourth-order valence-corrected chi connectivity index (χ4v) is 3.45. The number of hydrogen-bond acceptors (Lipinski definition) is 4. The molecular weight excluding hydrogens is 302 g/mol. The second-order valence-corrected chi connectivity index (χ2v) is 6.66. The maximum Gasteiger partial charge on any atom is 0.225 e. The Morgan fingerprint density at radius 2 is 2.00 bits per heavy atom. The van der Waals surface area contributed by atoms with E-state index in [0.717, 1.165) is 58.6 Å². The number of hydrogen-bond donors (Lipinski definition) is 0. The summed E-state index contributed by atoms with van der Waals surface area (Å²) < 4.78 is 5.58. The predicted molar refractivity (Wildman–Crippen MR) is 91.2 cm³/mol. The average Bonchev–Trinajstić information content (AvgIpc) is 3.00. The molecule has 0 spiro atoms. The largest absolute Gasteiger partial charge is 0.378 e. The highest BCUT2D eigenvalue weighted by Gasteiger charge is 2.24. The summed E-state index contributed by atoms with van der Waals surface area (Å²) in [6.45, 7) is 5.22. The van der Waals surface area contributed by atoms with Crippen molar-refractivity contribution in [3.8, 4) is 6.07 Å². The average molecular weight is 327 g/mol. The number of benzene rings is 1. The van der Waals surface area contributed by atoms with Crippen molar-refractivity contribution in [2.24, 2.45) is 0 Å². The van der Waals surface area contributed by atoms with Gasteiger partial charge in [-0.2, -0.15) is 5.26 Å². The molecular formula is C19H25N3O2. The van der Waals surface area contributed by atoms with E-state index in [2.05, 4.69) is 11.0 Å². The lowest BCUT2D eigenvalue weighted by Crippen LogP contribution is -2.36. The van der Waals surface area contributed by atoms with E-state index < -0.39 is 0 Å². The zero-order chi connectivity index (χ0) is 16.8. The first kappa shape index (κ1) is 16.9. The van der Waals surface area contributed by atoms with Gasteiger partial charge in [-0.25, -0.2) is 0 Å². The van der Waals surface area contributed by atoms with E-state index in [1.165, 1.54) is 5.56 Å². The van der Waals surface area contributed by atoms with Gasteiger partial charge in [-0.15, -0.1) is 0 Å². The van der Waals surface area contributed by atoms with Crippen LogP contribution in [0.3, 0.4) is 0 Å². The molecule has 0 N–H and O–H groups in total. The highest BCUT2D eigenvalue weighted by Crippen LogP contribution is 2.17. The van der Waals surface area contributed by atoms with Crippen molar-refractivity contribution >= 4 is 5.91 Å². The normalized spacial score (nSPS) is 22.1. The van der Waals surface area contributed by atoms with Crippen molar-refractivity contribution in [3.05, 3.63) is 35.4 Å². The van der Waals surface area contributed by atoms with Gasteiger partial charge in [0.1, 0.15) is 0 Å². The summed E-state index contributed by atoms with van der Waals surface area (Å²) in [5.41, 5.74) is 1.91. The van der Waals surface area contributed by atoms with Crippen LogP contribution in [0, 0.1) is 11.3 Å². The zero-order valence-electron chi connectivity index (χ0n) is 14.1. The third-order valence-corrected chi connectivity index (χ3v) is 4.86. The number of carbonyl (C=O) groups excluding carboxylic acids is 1. The standard InChI is InChI=1S/C19H25N3O2/c20-14-16-4-6-17(7-5-16)15-21-8-2-9-22(11-10-21)19(23)13-18-3-1-12-24-18/h4-7,18H,1-3,8-13,15H2. The molecule has 2 fully saturated rings. The molecule has 1 aromatic carbocycles. The van der Waals surface area contributed by atoms with Crippen LogP contribution in [-0.4, -0.2) is 54.6 Å². The van der Waals surface area contributed by atoms with Crippen molar-refractivity contribution in [1.29, 1.82) is 5.26 Å². The van der Waals surface area contributed by atoms with E-state index in [4.69, 9.17) is 10.00 Å². The lowest BCUT2D eigenvalue weighted by molar-refractivity contribution is -0.133.